The summed E-state index contributed by atoms with van der Waals surface area (Å²) in [5.74, 6) is 5.77. The fourth-order valence-corrected chi connectivity index (χ4v) is 1.82. The van der Waals surface area contributed by atoms with Crippen LogP contribution in [0, 0.1) is 0 Å². The Morgan fingerprint density at radius 1 is 1.44 bits per heavy atom. The number of amides is 1. The van der Waals surface area contributed by atoms with Gasteiger partial charge in [0.25, 0.3) is 0 Å². The molecule has 1 amide bonds. The number of nitrogens with two attached hydrogens (primary N) is 1. The first-order valence-electron chi connectivity index (χ1n) is 5.70. The Balaban J connectivity index is 2.50. The highest BCUT2D eigenvalue weighted by molar-refractivity contribution is 5.88. The Bertz CT molecular complexity index is 260. The van der Waals surface area contributed by atoms with Crippen LogP contribution in [0.25, 0.3) is 0 Å². The number of guanidine groups is 1. The Hall–Kier alpha value is -1.30. The predicted octanol–water partition coefficient (Wildman–Crippen LogP) is -0.528. The Kier molecular flexibility index (Phi) is 5.04. The van der Waals surface area contributed by atoms with E-state index in [2.05, 4.69) is 21.1 Å². The van der Waals surface area contributed by atoms with Gasteiger partial charge in [0.1, 0.15) is 6.04 Å². The first kappa shape index (κ1) is 12.8. The van der Waals surface area contributed by atoms with Crippen LogP contribution in [0.1, 0.15) is 32.6 Å². The van der Waals surface area contributed by atoms with Crippen LogP contribution in [0.5, 0.6) is 0 Å². The van der Waals surface area contributed by atoms with Gasteiger partial charge >= 0.3 is 0 Å². The minimum absolute atomic E-state index is 0.0885. The van der Waals surface area contributed by atoms with Crippen LogP contribution in [0.2, 0.25) is 0 Å². The standard InChI is InChI=1S/C10H21N5O/c1-7(9(16)12-2)13-10(15-11)14-8-5-3-4-6-8/h7-8H,3-6,11H2,1-2H3,(H,12,16)(H2,13,14,15). The molecule has 5 N–H and O–H groups in total. The molecule has 0 aromatic heterocycles. The van der Waals surface area contributed by atoms with E-state index in [0.717, 1.165) is 12.8 Å². The van der Waals surface area contributed by atoms with E-state index in [-0.39, 0.29) is 11.9 Å². The lowest BCUT2D eigenvalue weighted by atomic mass is 10.3. The molecule has 0 aromatic carbocycles. The third-order valence-electron chi connectivity index (χ3n) is 2.77. The van der Waals surface area contributed by atoms with Crippen molar-refractivity contribution in [3.8, 4) is 0 Å². The van der Waals surface area contributed by atoms with Crippen LogP contribution in [0.4, 0.5) is 0 Å². The van der Waals surface area contributed by atoms with Crippen molar-refractivity contribution in [2.75, 3.05) is 7.05 Å². The molecule has 0 heterocycles. The number of nitrogens with one attached hydrogen (secondary N) is 3. The largest absolute Gasteiger partial charge is 0.357 e. The fourth-order valence-electron chi connectivity index (χ4n) is 1.82. The van der Waals surface area contributed by atoms with Gasteiger partial charge in [-0.1, -0.05) is 12.8 Å². The van der Waals surface area contributed by atoms with Crippen molar-refractivity contribution in [3.63, 3.8) is 0 Å². The second kappa shape index (κ2) is 6.32. The Morgan fingerprint density at radius 2 is 2.06 bits per heavy atom. The number of hydrogen-bond donors (Lipinski definition) is 4. The normalized spacial score (nSPS) is 19.3. The number of likely N-dealkylation sites (N-methyl/N-ethyl adjacent to an activating group) is 1. The highest BCUT2D eigenvalue weighted by Crippen LogP contribution is 2.20. The van der Waals surface area contributed by atoms with Crippen molar-refractivity contribution in [3.05, 3.63) is 0 Å². The number of nitrogens with zero attached hydrogens (tertiary/aromatic N) is 1. The molecule has 1 saturated carbocycles. The van der Waals surface area contributed by atoms with Gasteiger partial charge in [0.2, 0.25) is 11.9 Å². The topological polar surface area (TPSA) is 91.5 Å². The maximum absolute atomic E-state index is 11.3. The molecule has 1 atom stereocenters. The molecule has 16 heavy (non-hydrogen) atoms. The van der Waals surface area contributed by atoms with Crippen LogP contribution in [0.3, 0.4) is 0 Å². The summed E-state index contributed by atoms with van der Waals surface area (Å²) in [6, 6.07) is -0.0170. The smallest absolute Gasteiger partial charge is 0.242 e. The summed E-state index contributed by atoms with van der Waals surface area (Å²) in [5.41, 5.74) is 2.50. The minimum Gasteiger partial charge on any atom is -0.357 e. The SMILES string of the molecule is CNC(=O)C(C)NC(=NC1CCCC1)NN. The number of aliphatic imine (C=N–C) groups is 1. The number of carbonyl (C=O) groups is 1. The van der Waals surface area contributed by atoms with Crippen LogP contribution in [-0.4, -0.2) is 31.0 Å². The van der Waals surface area contributed by atoms with Gasteiger partial charge in [0.05, 0.1) is 6.04 Å². The zero-order chi connectivity index (χ0) is 12.0. The summed E-state index contributed by atoms with van der Waals surface area (Å²) >= 11 is 0. The Morgan fingerprint density at radius 3 is 2.56 bits per heavy atom. The van der Waals surface area contributed by atoms with Crippen molar-refractivity contribution < 1.29 is 4.79 Å². The Labute approximate surface area is 96.0 Å². The van der Waals surface area contributed by atoms with E-state index in [1.165, 1.54) is 12.8 Å². The van der Waals surface area contributed by atoms with Crippen LogP contribution in [0.15, 0.2) is 4.99 Å². The van der Waals surface area contributed by atoms with E-state index < -0.39 is 0 Å². The number of hydrogen-bond acceptors (Lipinski definition) is 3. The molecular weight excluding hydrogens is 206 g/mol. The van der Waals surface area contributed by atoms with E-state index in [0.29, 0.717) is 12.0 Å². The first-order chi connectivity index (χ1) is 7.67. The summed E-state index contributed by atoms with van der Waals surface area (Å²) in [6.07, 6.45) is 4.64. The van der Waals surface area contributed by atoms with Gasteiger partial charge in [-0.05, 0) is 19.8 Å². The maximum Gasteiger partial charge on any atom is 0.242 e. The van der Waals surface area contributed by atoms with Gasteiger partial charge in [-0.25, -0.2) is 10.8 Å². The summed E-state index contributed by atoms with van der Waals surface area (Å²) in [6.45, 7) is 1.76. The molecule has 6 nitrogen and oxygen atoms in total. The zero-order valence-electron chi connectivity index (χ0n) is 9.92. The summed E-state index contributed by atoms with van der Waals surface area (Å²) in [7, 11) is 1.60. The molecule has 0 radical (unpaired) electrons. The monoisotopic (exact) mass is 227 g/mol. The predicted molar refractivity (Wildman–Crippen MR) is 63.7 cm³/mol. The van der Waals surface area contributed by atoms with Gasteiger partial charge in [0.15, 0.2) is 0 Å². The fraction of sp³-hybridized carbons (Fsp3) is 0.800. The lowest BCUT2D eigenvalue weighted by Crippen LogP contribution is -2.50. The van der Waals surface area contributed by atoms with E-state index >= 15 is 0 Å². The average Bonchev–Trinajstić information content (AvgIpc) is 2.79. The van der Waals surface area contributed by atoms with Crippen molar-refractivity contribution in [1.82, 2.24) is 16.1 Å². The maximum atomic E-state index is 11.3. The van der Waals surface area contributed by atoms with E-state index in [9.17, 15) is 4.79 Å². The highest BCUT2D eigenvalue weighted by Gasteiger charge is 2.16. The van der Waals surface area contributed by atoms with Crippen molar-refractivity contribution >= 4 is 11.9 Å². The van der Waals surface area contributed by atoms with Crippen LogP contribution in [-0.2, 0) is 4.79 Å². The third-order valence-corrected chi connectivity index (χ3v) is 2.77. The van der Waals surface area contributed by atoms with E-state index in [4.69, 9.17) is 5.84 Å². The summed E-state index contributed by atoms with van der Waals surface area (Å²) in [5, 5.41) is 5.51. The quantitative estimate of drug-likeness (QED) is 0.226. The molecule has 6 heteroatoms. The first-order valence-corrected chi connectivity index (χ1v) is 5.70. The molecule has 1 aliphatic rings. The van der Waals surface area contributed by atoms with Crippen LogP contribution < -0.4 is 21.9 Å². The molecule has 92 valence electrons. The molecule has 0 spiro atoms. The van der Waals surface area contributed by atoms with E-state index in [1.54, 1.807) is 14.0 Å². The van der Waals surface area contributed by atoms with Gasteiger partial charge in [-0.3, -0.25) is 10.2 Å². The highest BCUT2D eigenvalue weighted by atomic mass is 16.2. The molecule has 0 saturated heterocycles. The molecule has 0 bridgehead atoms. The molecular formula is C10H21N5O. The average molecular weight is 227 g/mol. The van der Waals surface area contributed by atoms with Crippen molar-refractivity contribution in [2.45, 2.75) is 44.7 Å². The number of carbonyl (C=O) groups excluding carboxylic acids is 1. The third kappa shape index (κ3) is 3.69. The summed E-state index contributed by atoms with van der Waals surface area (Å²) in [4.78, 5) is 15.7. The van der Waals surface area contributed by atoms with E-state index in [1.807, 2.05) is 0 Å². The lowest BCUT2D eigenvalue weighted by molar-refractivity contribution is -0.121. The van der Waals surface area contributed by atoms with Crippen molar-refractivity contribution in [1.29, 1.82) is 0 Å². The van der Waals surface area contributed by atoms with Gasteiger partial charge < -0.3 is 10.6 Å². The van der Waals surface area contributed by atoms with Gasteiger partial charge in [-0.15, -0.1) is 0 Å². The minimum atomic E-state index is -0.346. The molecule has 1 fully saturated rings. The van der Waals surface area contributed by atoms with Gasteiger partial charge in [-0.2, -0.15) is 0 Å². The molecule has 0 aliphatic heterocycles. The second-order valence-electron chi connectivity index (χ2n) is 4.04. The van der Waals surface area contributed by atoms with Crippen LogP contribution >= 0.6 is 0 Å². The molecule has 1 rings (SSSR count). The summed E-state index contributed by atoms with van der Waals surface area (Å²) < 4.78 is 0. The molecule has 1 unspecified atom stereocenters. The number of rotatable bonds is 3. The second-order valence-corrected chi connectivity index (χ2v) is 4.04. The lowest BCUT2D eigenvalue weighted by Gasteiger charge is -2.16. The molecule has 0 aromatic rings. The van der Waals surface area contributed by atoms with Crippen molar-refractivity contribution in [2.24, 2.45) is 10.8 Å². The zero-order valence-corrected chi connectivity index (χ0v) is 9.92. The molecule has 1 aliphatic carbocycles. The number of hydrazine groups is 1. The van der Waals surface area contributed by atoms with Gasteiger partial charge in [0, 0.05) is 7.05 Å².